The van der Waals surface area contributed by atoms with Gasteiger partial charge in [0.05, 0.1) is 4.88 Å². The Kier molecular flexibility index (Phi) is 10.9. The number of amides is 1. The van der Waals surface area contributed by atoms with E-state index in [1.165, 1.54) is 23.5 Å². The summed E-state index contributed by atoms with van der Waals surface area (Å²) in [6.07, 6.45) is 1.59. The first-order valence-corrected chi connectivity index (χ1v) is 9.07. The van der Waals surface area contributed by atoms with E-state index < -0.39 is 0 Å². The molecule has 0 bridgehead atoms. The Labute approximate surface area is 174 Å². The van der Waals surface area contributed by atoms with Crippen LogP contribution in [0.2, 0.25) is 0 Å². The molecule has 0 saturated carbocycles. The average molecular weight is 490 g/mol. The zero-order valence-electron chi connectivity index (χ0n) is 14.6. The molecule has 26 heavy (non-hydrogen) atoms. The third kappa shape index (κ3) is 8.13. The van der Waals surface area contributed by atoms with Crippen molar-refractivity contribution in [1.82, 2.24) is 16.0 Å². The second-order valence-corrected chi connectivity index (χ2v) is 6.34. The highest BCUT2D eigenvalue weighted by molar-refractivity contribution is 14.0. The second kappa shape index (κ2) is 12.6. The van der Waals surface area contributed by atoms with Gasteiger partial charge in [-0.05, 0) is 42.0 Å². The Balaban J connectivity index is 0.00000338. The normalized spacial score (nSPS) is 10.8. The van der Waals surface area contributed by atoms with Crippen molar-refractivity contribution < 1.29 is 9.18 Å². The van der Waals surface area contributed by atoms with Gasteiger partial charge in [-0.1, -0.05) is 18.2 Å². The molecule has 142 valence electrons. The topological polar surface area (TPSA) is 65.5 Å². The Morgan fingerprint density at radius 2 is 1.77 bits per heavy atom. The number of aliphatic imine (C=N–C) groups is 1. The summed E-state index contributed by atoms with van der Waals surface area (Å²) in [6.45, 7) is 2.03. The van der Waals surface area contributed by atoms with E-state index in [-0.39, 0.29) is 35.7 Å². The maximum Gasteiger partial charge on any atom is 0.261 e. The van der Waals surface area contributed by atoms with Crippen molar-refractivity contribution >= 4 is 47.2 Å². The van der Waals surface area contributed by atoms with E-state index >= 15 is 0 Å². The molecule has 0 aliphatic rings. The molecule has 0 atom stereocenters. The fourth-order valence-electron chi connectivity index (χ4n) is 2.19. The fourth-order valence-corrected chi connectivity index (χ4v) is 2.83. The average Bonchev–Trinajstić information content (AvgIpc) is 3.16. The van der Waals surface area contributed by atoms with Gasteiger partial charge in [0.25, 0.3) is 5.91 Å². The lowest BCUT2D eigenvalue weighted by Gasteiger charge is -2.12. The molecule has 5 nitrogen and oxygen atoms in total. The summed E-state index contributed by atoms with van der Waals surface area (Å²) in [7, 11) is 1.71. The second-order valence-electron chi connectivity index (χ2n) is 5.39. The third-order valence-electron chi connectivity index (χ3n) is 3.52. The number of benzene rings is 1. The molecule has 1 aromatic heterocycles. The molecule has 1 amide bonds. The van der Waals surface area contributed by atoms with E-state index in [0.717, 1.165) is 23.3 Å². The molecule has 0 unspecified atom stereocenters. The van der Waals surface area contributed by atoms with Crippen LogP contribution in [0.1, 0.15) is 21.7 Å². The van der Waals surface area contributed by atoms with Gasteiger partial charge in [-0.15, -0.1) is 35.3 Å². The molecule has 8 heteroatoms. The zero-order chi connectivity index (χ0) is 17.9. The van der Waals surface area contributed by atoms with Crippen molar-refractivity contribution in [3.63, 3.8) is 0 Å². The summed E-state index contributed by atoms with van der Waals surface area (Å²) < 4.78 is 12.9. The van der Waals surface area contributed by atoms with Crippen LogP contribution in [0.25, 0.3) is 0 Å². The van der Waals surface area contributed by atoms with Crippen LogP contribution in [0.3, 0.4) is 0 Å². The van der Waals surface area contributed by atoms with Crippen molar-refractivity contribution in [2.45, 2.75) is 12.8 Å². The van der Waals surface area contributed by atoms with Crippen LogP contribution in [0.15, 0.2) is 46.8 Å². The van der Waals surface area contributed by atoms with Gasteiger partial charge in [-0.2, -0.15) is 0 Å². The standard InChI is InChI=1S/C18H23FN4OS.HI/c1-20-18(23-12-9-14-5-7-15(19)8-6-14)22-11-3-10-21-17(24)16-4-2-13-25-16;/h2,4-8,13H,3,9-12H2,1H3,(H,21,24)(H2,20,22,23);1H. The van der Waals surface area contributed by atoms with E-state index in [9.17, 15) is 9.18 Å². The molecular formula is C18H24FIN4OS. The van der Waals surface area contributed by atoms with Gasteiger partial charge < -0.3 is 16.0 Å². The Morgan fingerprint density at radius 3 is 2.42 bits per heavy atom. The number of carbonyl (C=O) groups is 1. The molecule has 2 aromatic rings. The number of thiophene rings is 1. The van der Waals surface area contributed by atoms with Crippen LogP contribution in [0, 0.1) is 5.82 Å². The Bertz CT molecular complexity index is 677. The number of rotatable bonds is 8. The predicted molar refractivity (Wildman–Crippen MR) is 116 cm³/mol. The van der Waals surface area contributed by atoms with Gasteiger partial charge >= 0.3 is 0 Å². The number of hydrogen-bond donors (Lipinski definition) is 3. The maximum atomic E-state index is 12.9. The lowest BCUT2D eigenvalue weighted by Crippen LogP contribution is -2.39. The number of hydrogen-bond acceptors (Lipinski definition) is 3. The van der Waals surface area contributed by atoms with Crippen molar-refractivity contribution in [1.29, 1.82) is 0 Å². The molecule has 1 aromatic carbocycles. The van der Waals surface area contributed by atoms with Crippen molar-refractivity contribution in [2.24, 2.45) is 4.99 Å². The highest BCUT2D eigenvalue weighted by Gasteiger charge is 2.04. The van der Waals surface area contributed by atoms with E-state index in [0.29, 0.717) is 25.6 Å². The number of nitrogens with one attached hydrogen (secondary N) is 3. The third-order valence-corrected chi connectivity index (χ3v) is 4.39. The Hall–Kier alpha value is -1.68. The van der Waals surface area contributed by atoms with Gasteiger partial charge in [-0.3, -0.25) is 9.79 Å². The minimum absolute atomic E-state index is 0. The zero-order valence-corrected chi connectivity index (χ0v) is 17.8. The quantitative estimate of drug-likeness (QED) is 0.231. The first-order chi connectivity index (χ1) is 12.2. The first-order valence-electron chi connectivity index (χ1n) is 8.19. The fraction of sp³-hybridized carbons (Fsp3) is 0.333. The van der Waals surface area contributed by atoms with Crippen LogP contribution in [0.5, 0.6) is 0 Å². The molecular weight excluding hydrogens is 466 g/mol. The minimum atomic E-state index is -0.222. The van der Waals surface area contributed by atoms with Crippen LogP contribution in [0.4, 0.5) is 4.39 Å². The highest BCUT2D eigenvalue weighted by Crippen LogP contribution is 2.07. The largest absolute Gasteiger partial charge is 0.356 e. The first kappa shape index (κ1) is 22.4. The monoisotopic (exact) mass is 490 g/mol. The molecule has 0 fully saturated rings. The molecule has 0 spiro atoms. The summed E-state index contributed by atoms with van der Waals surface area (Å²) in [5.74, 6) is 0.462. The molecule has 0 radical (unpaired) electrons. The highest BCUT2D eigenvalue weighted by atomic mass is 127. The molecule has 0 aliphatic carbocycles. The maximum absolute atomic E-state index is 12.9. The van der Waals surface area contributed by atoms with Crippen LogP contribution >= 0.6 is 35.3 Å². The molecule has 2 rings (SSSR count). The van der Waals surface area contributed by atoms with Gasteiger partial charge in [0.15, 0.2) is 5.96 Å². The van der Waals surface area contributed by atoms with Crippen LogP contribution in [-0.4, -0.2) is 38.5 Å². The number of halogens is 2. The van der Waals surface area contributed by atoms with Crippen LogP contribution < -0.4 is 16.0 Å². The molecule has 0 aliphatic heterocycles. The molecule has 1 heterocycles. The van der Waals surface area contributed by atoms with E-state index in [2.05, 4.69) is 20.9 Å². The lowest BCUT2D eigenvalue weighted by molar-refractivity contribution is 0.0957. The van der Waals surface area contributed by atoms with Crippen molar-refractivity contribution in [2.75, 3.05) is 26.7 Å². The lowest BCUT2D eigenvalue weighted by atomic mass is 10.1. The van der Waals surface area contributed by atoms with Gasteiger partial charge in [0, 0.05) is 26.7 Å². The van der Waals surface area contributed by atoms with Crippen LogP contribution in [-0.2, 0) is 6.42 Å². The summed E-state index contributed by atoms with van der Waals surface area (Å²) in [4.78, 5) is 16.7. The molecule has 0 saturated heterocycles. The van der Waals surface area contributed by atoms with Crippen molar-refractivity contribution in [3.8, 4) is 0 Å². The van der Waals surface area contributed by atoms with Gasteiger partial charge in [0.2, 0.25) is 0 Å². The SMILES string of the molecule is CN=C(NCCCNC(=O)c1cccs1)NCCc1ccc(F)cc1.I. The smallest absolute Gasteiger partial charge is 0.261 e. The van der Waals surface area contributed by atoms with Crippen molar-refractivity contribution in [3.05, 3.63) is 58.0 Å². The predicted octanol–water partition coefficient (Wildman–Crippen LogP) is 3.03. The summed E-state index contributed by atoms with van der Waals surface area (Å²) in [5.41, 5.74) is 1.07. The number of nitrogens with zero attached hydrogens (tertiary/aromatic N) is 1. The molecule has 3 N–H and O–H groups in total. The van der Waals surface area contributed by atoms with E-state index in [4.69, 9.17) is 0 Å². The summed E-state index contributed by atoms with van der Waals surface area (Å²) in [5, 5.41) is 11.2. The summed E-state index contributed by atoms with van der Waals surface area (Å²) >= 11 is 1.43. The number of guanidine groups is 1. The van der Waals surface area contributed by atoms with E-state index in [1.807, 2.05) is 17.5 Å². The number of carbonyl (C=O) groups excluding carboxylic acids is 1. The van der Waals surface area contributed by atoms with Gasteiger partial charge in [-0.25, -0.2) is 4.39 Å². The van der Waals surface area contributed by atoms with E-state index in [1.54, 1.807) is 19.2 Å². The van der Waals surface area contributed by atoms with Gasteiger partial charge in [0.1, 0.15) is 5.82 Å². The summed E-state index contributed by atoms with van der Waals surface area (Å²) in [6, 6.07) is 10.2. The Morgan fingerprint density at radius 1 is 1.08 bits per heavy atom. The minimum Gasteiger partial charge on any atom is -0.356 e.